The highest BCUT2D eigenvalue weighted by molar-refractivity contribution is 7.85. The predicted octanol–water partition coefficient (Wildman–Crippen LogP) is 2.47. The van der Waals surface area contributed by atoms with Crippen LogP contribution in [0.5, 0.6) is 0 Å². The SMILES string of the molecule is CS(=O)(=O)OCC[C@H]1CCCc2ccccc21. The molecule has 1 aliphatic carbocycles. The Kier molecular flexibility index (Phi) is 3.84. The minimum Gasteiger partial charge on any atom is -0.270 e. The number of rotatable bonds is 4. The van der Waals surface area contributed by atoms with Crippen LogP contribution in [0.2, 0.25) is 0 Å². The first-order valence-corrected chi connectivity index (χ1v) is 7.80. The van der Waals surface area contributed by atoms with Crippen LogP contribution in [-0.2, 0) is 20.7 Å². The maximum Gasteiger partial charge on any atom is 0.264 e. The first-order valence-electron chi connectivity index (χ1n) is 5.98. The van der Waals surface area contributed by atoms with E-state index < -0.39 is 10.1 Å². The van der Waals surface area contributed by atoms with Crippen molar-refractivity contribution in [3.05, 3.63) is 35.4 Å². The number of benzene rings is 1. The Morgan fingerprint density at radius 1 is 1.35 bits per heavy atom. The Bertz CT molecular complexity index is 479. The molecule has 1 aliphatic rings. The molecule has 0 aromatic heterocycles. The molecule has 0 heterocycles. The average Bonchev–Trinajstić information content (AvgIpc) is 2.28. The largest absolute Gasteiger partial charge is 0.270 e. The fraction of sp³-hybridized carbons (Fsp3) is 0.538. The number of hydrogen-bond donors (Lipinski definition) is 0. The fourth-order valence-corrected chi connectivity index (χ4v) is 2.90. The van der Waals surface area contributed by atoms with Crippen LogP contribution in [0.3, 0.4) is 0 Å². The molecule has 4 heteroatoms. The molecule has 1 aromatic carbocycles. The molecule has 0 amide bonds. The van der Waals surface area contributed by atoms with Crippen molar-refractivity contribution in [1.82, 2.24) is 0 Å². The van der Waals surface area contributed by atoms with Gasteiger partial charge in [-0.05, 0) is 42.7 Å². The number of hydrogen-bond acceptors (Lipinski definition) is 3. The molecule has 0 unspecified atom stereocenters. The van der Waals surface area contributed by atoms with E-state index in [1.165, 1.54) is 17.5 Å². The van der Waals surface area contributed by atoms with Crippen molar-refractivity contribution in [1.29, 1.82) is 0 Å². The van der Waals surface area contributed by atoms with Gasteiger partial charge in [0.05, 0.1) is 12.9 Å². The van der Waals surface area contributed by atoms with Crippen LogP contribution in [0.15, 0.2) is 24.3 Å². The average molecular weight is 254 g/mol. The van der Waals surface area contributed by atoms with Gasteiger partial charge in [-0.25, -0.2) is 0 Å². The molecule has 1 aromatic rings. The standard InChI is InChI=1S/C13H18O3S/c1-17(14,15)16-10-9-12-7-4-6-11-5-2-3-8-13(11)12/h2-3,5,8,12H,4,6-7,9-10H2,1H3/t12-/m1/s1. The Balaban J connectivity index is 1.99. The zero-order valence-corrected chi connectivity index (χ0v) is 10.9. The summed E-state index contributed by atoms with van der Waals surface area (Å²) in [6.07, 6.45) is 5.33. The predicted molar refractivity (Wildman–Crippen MR) is 67.5 cm³/mol. The Hall–Kier alpha value is -0.870. The summed E-state index contributed by atoms with van der Waals surface area (Å²) in [4.78, 5) is 0. The van der Waals surface area contributed by atoms with Crippen molar-refractivity contribution in [2.75, 3.05) is 12.9 Å². The van der Waals surface area contributed by atoms with Crippen LogP contribution in [0, 0.1) is 0 Å². The monoisotopic (exact) mass is 254 g/mol. The fourth-order valence-electron chi connectivity index (χ4n) is 2.50. The highest BCUT2D eigenvalue weighted by Gasteiger charge is 2.19. The second-order valence-corrected chi connectivity index (χ2v) is 6.25. The molecular formula is C13H18O3S. The Morgan fingerprint density at radius 2 is 2.12 bits per heavy atom. The zero-order valence-electron chi connectivity index (χ0n) is 10.1. The van der Waals surface area contributed by atoms with E-state index in [2.05, 4.69) is 24.3 Å². The van der Waals surface area contributed by atoms with Gasteiger partial charge in [-0.1, -0.05) is 24.3 Å². The minimum atomic E-state index is -3.30. The van der Waals surface area contributed by atoms with Crippen LogP contribution >= 0.6 is 0 Å². The molecular weight excluding hydrogens is 236 g/mol. The van der Waals surface area contributed by atoms with Gasteiger partial charge in [-0.3, -0.25) is 4.18 Å². The first kappa shape index (κ1) is 12.6. The van der Waals surface area contributed by atoms with Crippen molar-refractivity contribution < 1.29 is 12.6 Å². The minimum absolute atomic E-state index is 0.290. The molecule has 0 saturated heterocycles. The van der Waals surface area contributed by atoms with Gasteiger partial charge in [-0.15, -0.1) is 0 Å². The van der Waals surface area contributed by atoms with Gasteiger partial charge in [0.2, 0.25) is 0 Å². The van der Waals surface area contributed by atoms with Crippen molar-refractivity contribution in [3.8, 4) is 0 Å². The summed E-state index contributed by atoms with van der Waals surface area (Å²) in [5.41, 5.74) is 2.78. The molecule has 0 radical (unpaired) electrons. The van der Waals surface area contributed by atoms with E-state index in [9.17, 15) is 8.42 Å². The topological polar surface area (TPSA) is 43.4 Å². The van der Waals surface area contributed by atoms with E-state index in [0.29, 0.717) is 5.92 Å². The van der Waals surface area contributed by atoms with Gasteiger partial charge >= 0.3 is 0 Å². The molecule has 2 rings (SSSR count). The van der Waals surface area contributed by atoms with Crippen LogP contribution in [0.1, 0.15) is 36.3 Å². The zero-order chi connectivity index (χ0) is 12.3. The molecule has 0 aliphatic heterocycles. The van der Waals surface area contributed by atoms with Gasteiger partial charge < -0.3 is 0 Å². The molecule has 0 N–H and O–H groups in total. The Morgan fingerprint density at radius 3 is 2.88 bits per heavy atom. The van der Waals surface area contributed by atoms with E-state index in [4.69, 9.17) is 4.18 Å². The first-order chi connectivity index (χ1) is 8.06. The highest BCUT2D eigenvalue weighted by atomic mass is 32.2. The van der Waals surface area contributed by atoms with E-state index >= 15 is 0 Å². The van der Waals surface area contributed by atoms with Gasteiger partial charge in [0.15, 0.2) is 0 Å². The second kappa shape index (κ2) is 5.19. The maximum atomic E-state index is 10.9. The van der Waals surface area contributed by atoms with Gasteiger partial charge in [0.1, 0.15) is 0 Å². The molecule has 0 fully saturated rings. The summed E-state index contributed by atoms with van der Waals surface area (Å²) in [6, 6.07) is 8.43. The summed E-state index contributed by atoms with van der Waals surface area (Å²) in [7, 11) is -3.30. The molecule has 0 bridgehead atoms. The second-order valence-electron chi connectivity index (χ2n) is 4.60. The lowest BCUT2D eigenvalue weighted by molar-refractivity contribution is 0.296. The number of aryl methyl sites for hydroxylation is 1. The third-order valence-corrected chi connectivity index (χ3v) is 3.85. The lowest BCUT2D eigenvalue weighted by atomic mass is 9.81. The summed E-state index contributed by atoms with van der Waals surface area (Å²) in [6.45, 7) is 0.290. The molecule has 0 spiro atoms. The van der Waals surface area contributed by atoms with E-state index in [-0.39, 0.29) is 6.61 Å². The van der Waals surface area contributed by atoms with E-state index in [1.807, 2.05) is 0 Å². The van der Waals surface area contributed by atoms with Crippen LogP contribution < -0.4 is 0 Å². The van der Waals surface area contributed by atoms with Crippen molar-refractivity contribution in [2.45, 2.75) is 31.6 Å². The summed E-state index contributed by atoms with van der Waals surface area (Å²) >= 11 is 0. The lowest BCUT2D eigenvalue weighted by Crippen LogP contribution is -2.13. The smallest absolute Gasteiger partial charge is 0.264 e. The maximum absolute atomic E-state index is 10.9. The lowest BCUT2D eigenvalue weighted by Gasteiger charge is -2.25. The van der Waals surface area contributed by atoms with E-state index in [0.717, 1.165) is 25.5 Å². The quantitative estimate of drug-likeness (QED) is 0.775. The molecule has 0 saturated carbocycles. The van der Waals surface area contributed by atoms with Crippen LogP contribution in [0.25, 0.3) is 0 Å². The summed E-state index contributed by atoms with van der Waals surface area (Å²) < 4.78 is 26.6. The molecule has 3 nitrogen and oxygen atoms in total. The molecule has 17 heavy (non-hydrogen) atoms. The number of fused-ring (bicyclic) bond motifs is 1. The molecule has 94 valence electrons. The van der Waals surface area contributed by atoms with Crippen LogP contribution in [-0.4, -0.2) is 21.3 Å². The van der Waals surface area contributed by atoms with Gasteiger partial charge in [0, 0.05) is 0 Å². The van der Waals surface area contributed by atoms with Crippen molar-refractivity contribution >= 4 is 10.1 Å². The molecule has 1 atom stereocenters. The Labute approximate surface area is 103 Å². The third kappa shape index (κ3) is 3.54. The normalized spacial score (nSPS) is 19.9. The van der Waals surface area contributed by atoms with E-state index in [1.54, 1.807) is 0 Å². The van der Waals surface area contributed by atoms with Crippen molar-refractivity contribution in [2.24, 2.45) is 0 Å². The summed E-state index contributed by atoms with van der Waals surface area (Å²) in [5, 5.41) is 0. The highest BCUT2D eigenvalue weighted by Crippen LogP contribution is 2.33. The third-order valence-electron chi connectivity index (χ3n) is 3.26. The van der Waals surface area contributed by atoms with Crippen molar-refractivity contribution in [3.63, 3.8) is 0 Å². The van der Waals surface area contributed by atoms with Crippen LogP contribution in [0.4, 0.5) is 0 Å². The van der Waals surface area contributed by atoms with Gasteiger partial charge in [-0.2, -0.15) is 8.42 Å². The van der Waals surface area contributed by atoms with Gasteiger partial charge in [0.25, 0.3) is 10.1 Å². The summed E-state index contributed by atoms with van der Waals surface area (Å²) in [5.74, 6) is 0.446.